The van der Waals surface area contributed by atoms with Crippen molar-refractivity contribution in [1.29, 1.82) is 0 Å². The van der Waals surface area contributed by atoms with Crippen LogP contribution in [0.1, 0.15) is 19.4 Å². The Morgan fingerprint density at radius 1 is 1.00 bits per heavy atom. The zero-order chi connectivity index (χ0) is 20.9. The molecule has 0 aliphatic rings. The Balaban J connectivity index is 1.52. The summed E-state index contributed by atoms with van der Waals surface area (Å²) >= 11 is 3.14. The second-order valence-corrected chi connectivity index (χ2v) is 8.44. The van der Waals surface area contributed by atoms with Gasteiger partial charge in [0.05, 0.1) is 9.75 Å². The highest BCUT2D eigenvalue weighted by Gasteiger charge is 2.20. The second-order valence-electron chi connectivity index (χ2n) is 6.55. The molecule has 0 saturated carbocycles. The van der Waals surface area contributed by atoms with Crippen LogP contribution in [0.5, 0.6) is 6.01 Å². The fraction of sp³-hybridized carbons (Fsp3) is 0.182. The molecule has 3 aromatic heterocycles. The minimum absolute atomic E-state index is 0.0719. The van der Waals surface area contributed by atoms with E-state index in [0.29, 0.717) is 11.4 Å². The van der Waals surface area contributed by atoms with Crippen LogP contribution in [0, 0.1) is 0 Å². The van der Waals surface area contributed by atoms with E-state index in [1.54, 1.807) is 29.6 Å². The molecule has 1 aromatic carbocycles. The largest absolute Gasteiger partial charge is 0.449 e. The molecule has 4 aromatic rings. The summed E-state index contributed by atoms with van der Waals surface area (Å²) in [6.45, 7) is 3.75. The summed E-state index contributed by atoms with van der Waals surface area (Å²) in [5.74, 6) is -0.275. The van der Waals surface area contributed by atoms with Crippen molar-refractivity contribution in [2.75, 3.05) is 5.32 Å². The molecule has 1 N–H and O–H groups in total. The number of nitrogens with one attached hydrogen (secondary N) is 1. The topological polar surface area (TPSA) is 77.0 Å². The quantitative estimate of drug-likeness (QED) is 0.426. The first kappa shape index (κ1) is 20.2. The number of hydrogen-bond acceptors (Lipinski definition) is 7. The van der Waals surface area contributed by atoms with Crippen molar-refractivity contribution < 1.29 is 9.53 Å². The molecule has 0 fully saturated rings. The molecule has 0 radical (unpaired) electrons. The molecule has 3 heterocycles. The molecule has 0 saturated heterocycles. The van der Waals surface area contributed by atoms with Crippen molar-refractivity contribution in [2.45, 2.75) is 26.4 Å². The van der Waals surface area contributed by atoms with Crippen molar-refractivity contribution in [2.24, 2.45) is 0 Å². The Bertz CT molecular complexity index is 1110. The third-order valence-electron chi connectivity index (χ3n) is 4.46. The molecule has 0 bridgehead atoms. The van der Waals surface area contributed by atoms with Crippen LogP contribution in [0.25, 0.3) is 21.1 Å². The number of ether oxygens (including phenoxy) is 1. The van der Waals surface area contributed by atoms with E-state index < -0.39 is 6.10 Å². The van der Waals surface area contributed by atoms with E-state index in [1.807, 2.05) is 59.3 Å². The summed E-state index contributed by atoms with van der Waals surface area (Å²) in [6.07, 6.45) is 0.174. The number of benzene rings is 1. The Morgan fingerprint density at radius 3 is 2.27 bits per heavy atom. The highest BCUT2D eigenvalue weighted by Crippen LogP contribution is 2.34. The molecular weight excluding hydrogens is 416 g/mol. The van der Waals surface area contributed by atoms with Crippen molar-refractivity contribution in [3.05, 3.63) is 64.9 Å². The van der Waals surface area contributed by atoms with Gasteiger partial charge in [-0.3, -0.25) is 4.79 Å². The van der Waals surface area contributed by atoms with Crippen LogP contribution < -0.4 is 10.1 Å². The first-order valence-electron chi connectivity index (χ1n) is 9.53. The minimum Gasteiger partial charge on any atom is -0.449 e. The zero-order valence-electron chi connectivity index (χ0n) is 16.5. The Kier molecular flexibility index (Phi) is 6.15. The zero-order valence-corrected chi connectivity index (χ0v) is 18.2. The summed E-state index contributed by atoms with van der Waals surface area (Å²) in [5, 5.41) is 15.3. The van der Waals surface area contributed by atoms with Gasteiger partial charge in [0.25, 0.3) is 5.91 Å². The van der Waals surface area contributed by atoms with E-state index in [4.69, 9.17) is 4.74 Å². The van der Waals surface area contributed by atoms with Crippen LogP contribution in [0.3, 0.4) is 0 Å². The number of aromatic nitrogens is 3. The molecule has 1 amide bonds. The fourth-order valence-electron chi connectivity index (χ4n) is 2.80. The van der Waals surface area contributed by atoms with Gasteiger partial charge in [-0.15, -0.1) is 27.8 Å². The van der Waals surface area contributed by atoms with E-state index in [9.17, 15) is 4.79 Å². The van der Waals surface area contributed by atoms with Crippen LogP contribution in [0.4, 0.5) is 5.69 Å². The molecule has 0 aliphatic heterocycles. The van der Waals surface area contributed by atoms with E-state index in [0.717, 1.165) is 21.9 Å². The lowest BCUT2D eigenvalue weighted by molar-refractivity contribution is -0.122. The molecule has 0 unspecified atom stereocenters. The van der Waals surface area contributed by atoms with Crippen LogP contribution in [0.2, 0.25) is 0 Å². The lowest BCUT2D eigenvalue weighted by atomic mass is 10.1. The van der Waals surface area contributed by atoms with Gasteiger partial charge in [0.15, 0.2) is 6.10 Å². The summed E-state index contributed by atoms with van der Waals surface area (Å²) in [5.41, 5.74) is 3.33. The first-order valence-corrected chi connectivity index (χ1v) is 11.3. The SMILES string of the molecule is CCc1ccc(NC(=O)[C@H](C)Oc2nnc(-c3cccs3)c(-c3cccs3)n2)cc1. The van der Waals surface area contributed by atoms with Crippen molar-refractivity contribution in [1.82, 2.24) is 15.2 Å². The highest BCUT2D eigenvalue weighted by molar-refractivity contribution is 7.14. The second kappa shape index (κ2) is 9.15. The Hall–Kier alpha value is -3.10. The number of carbonyl (C=O) groups is 1. The summed E-state index contributed by atoms with van der Waals surface area (Å²) in [7, 11) is 0. The van der Waals surface area contributed by atoms with Gasteiger partial charge >= 0.3 is 6.01 Å². The number of carbonyl (C=O) groups excluding carboxylic acids is 1. The maximum absolute atomic E-state index is 12.5. The average Bonchev–Trinajstić information content (AvgIpc) is 3.48. The van der Waals surface area contributed by atoms with E-state index >= 15 is 0 Å². The van der Waals surface area contributed by atoms with Gasteiger partial charge < -0.3 is 10.1 Å². The molecule has 30 heavy (non-hydrogen) atoms. The lowest BCUT2D eigenvalue weighted by Gasteiger charge is -2.14. The van der Waals surface area contributed by atoms with E-state index in [2.05, 4.69) is 27.4 Å². The summed E-state index contributed by atoms with van der Waals surface area (Å²) in [6, 6.07) is 15.7. The number of anilines is 1. The number of rotatable bonds is 7. The summed E-state index contributed by atoms with van der Waals surface area (Å²) in [4.78, 5) is 19.0. The van der Waals surface area contributed by atoms with Gasteiger partial charge in [0, 0.05) is 5.69 Å². The molecule has 0 spiro atoms. The normalized spacial score (nSPS) is 11.8. The Labute approximate surface area is 182 Å². The van der Waals surface area contributed by atoms with E-state index in [1.165, 1.54) is 5.56 Å². The smallest absolute Gasteiger partial charge is 0.337 e. The van der Waals surface area contributed by atoms with Gasteiger partial charge in [-0.1, -0.05) is 36.3 Å². The van der Waals surface area contributed by atoms with Gasteiger partial charge in [0.2, 0.25) is 0 Å². The maximum Gasteiger partial charge on any atom is 0.337 e. The van der Waals surface area contributed by atoms with Crippen LogP contribution in [-0.4, -0.2) is 27.2 Å². The van der Waals surface area contributed by atoms with Crippen molar-refractivity contribution in [3.8, 4) is 27.2 Å². The number of thiophene rings is 2. The van der Waals surface area contributed by atoms with Gasteiger partial charge in [-0.05, 0) is 53.9 Å². The predicted octanol–water partition coefficient (Wildman–Crippen LogP) is 5.30. The number of nitrogens with zero attached hydrogens (tertiary/aromatic N) is 3. The van der Waals surface area contributed by atoms with Gasteiger partial charge in [-0.25, -0.2) is 0 Å². The Morgan fingerprint density at radius 2 is 1.67 bits per heavy atom. The molecule has 4 rings (SSSR count). The molecule has 8 heteroatoms. The van der Waals surface area contributed by atoms with Crippen LogP contribution in [0.15, 0.2) is 59.3 Å². The number of hydrogen-bond donors (Lipinski definition) is 1. The average molecular weight is 437 g/mol. The summed E-state index contributed by atoms with van der Waals surface area (Å²) < 4.78 is 5.72. The van der Waals surface area contributed by atoms with Crippen molar-refractivity contribution >= 4 is 34.3 Å². The molecule has 0 aliphatic carbocycles. The highest BCUT2D eigenvalue weighted by atomic mass is 32.1. The van der Waals surface area contributed by atoms with Crippen molar-refractivity contribution in [3.63, 3.8) is 0 Å². The minimum atomic E-state index is -0.776. The third kappa shape index (κ3) is 4.55. The van der Waals surface area contributed by atoms with Gasteiger partial charge in [0.1, 0.15) is 11.4 Å². The van der Waals surface area contributed by atoms with Crippen LogP contribution in [-0.2, 0) is 11.2 Å². The first-order chi connectivity index (χ1) is 14.6. The number of aryl methyl sites for hydroxylation is 1. The third-order valence-corrected chi connectivity index (χ3v) is 6.21. The maximum atomic E-state index is 12.5. The monoisotopic (exact) mass is 436 g/mol. The molecule has 152 valence electrons. The van der Waals surface area contributed by atoms with Crippen LogP contribution >= 0.6 is 22.7 Å². The molecule has 1 atom stereocenters. The molecule has 6 nitrogen and oxygen atoms in total. The van der Waals surface area contributed by atoms with E-state index in [-0.39, 0.29) is 11.9 Å². The van der Waals surface area contributed by atoms with Gasteiger partial charge in [-0.2, -0.15) is 4.98 Å². The lowest BCUT2D eigenvalue weighted by Crippen LogP contribution is -2.30. The fourth-order valence-corrected chi connectivity index (χ4v) is 4.23. The standard InChI is InChI=1S/C22H20N4O2S2/c1-3-15-8-10-16(11-9-15)23-21(27)14(2)28-22-24-19(17-6-4-12-29-17)20(25-26-22)18-7-5-13-30-18/h4-14H,3H2,1-2H3,(H,23,27)/t14-/m0/s1. The number of amides is 1. The molecular formula is C22H20N4O2S2. The predicted molar refractivity (Wildman–Crippen MR) is 121 cm³/mol.